The molecular formula is C12H14BrNO2S3. The Hall–Kier alpha value is -0.210. The smallest absolute Gasteiger partial charge is 0.207 e. The third kappa shape index (κ3) is 3.46. The zero-order valence-corrected chi connectivity index (χ0v) is 14.8. The molecule has 2 rings (SSSR count). The van der Waals surface area contributed by atoms with Gasteiger partial charge in [-0.15, -0.1) is 22.7 Å². The molecule has 2 heterocycles. The summed E-state index contributed by atoms with van der Waals surface area (Å²) in [5.74, 6) is 0. The maximum absolute atomic E-state index is 12.2. The van der Waals surface area contributed by atoms with Crippen molar-refractivity contribution in [2.24, 2.45) is 0 Å². The molecule has 0 bridgehead atoms. The van der Waals surface area contributed by atoms with E-state index in [1.165, 1.54) is 21.8 Å². The Morgan fingerprint density at radius 3 is 2.32 bits per heavy atom. The highest BCUT2D eigenvalue weighted by Crippen LogP contribution is 2.29. The lowest BCUT2D eigenvalue weighted by Crippen LogP contribution is -2.22. The van der Waals surface area contributed by atoms with Gasteiger partial charge < -0.3 is 0 Å². The van der Waals surface area contributed by atoms with Crippen LogP contribution in [0.15, 0.2) is 20.8 Å². The Labute approximate surface area is 129 Å². The van der Waals surface area contributed by atoms with Crippen molar-refractivity contribution in [1.29, 1.82) is 0 Å². The molecule has 0 saturated heterocycles. The number of aryl methyl sites for hydroxylation is 3. The molecule has 0 radical (unpaired) electrons. The van der Waals surface area contributed by atoms with Crippen LogP contribution in [-0.4, -0.2) is 8.42 Å². The molecule has 0 fully saturated rings. The molecule has 1 N–H and O–H groups in total. The standard InChI is InChI=1S/C12H14BrNO2S3/c1-7-4-10(17-8(7)2)6-14-19(15,16)11-5-12(13)18-9(11)3/h4-5,14H,6H2,1-3H3. The topological polar surface area (TPSA) is 46.2 Å². The van der Waals surface area contributed by atoms with Crippen molar-refractivity contribution >= 4 is 48.6 Å². The molecular weight excluding hydrogens is 366 g/mol. The van der Waals surface area contributed by atoms with Crippen LogP contribution in [0.5, 0.6) is 0 Å². The minimum absolute atomic E-state index is 0.342. The molecule has 19 heavy (non-hydrogen) atoms. The molecule has 0 aromatic carbocycles. The first-order valence-corrected chi connectivity index (χ1v) is 9.52. The van der Waals surface area contributed by atoms with Gasteiger partial charge in [0, 0.05) is 21.2 Å². The minimum atomic E-state index is -3.43. The Kier molecular flexibility index (Phi) is 4.52. The highest BCUT2D eigenvalue weighted by Gasteiger charge is 2.19. The predicted octanol–water partition coefficient (Wildman–Crippen LogP) is 3.98. The number of thiophene rings is 2. The van der Waals surface area contributed by atoms with E-state index in [0.717, 1.165) is 13.5 Å². The van der Waals surface area contributed by atoms with Crippen molar-refractivity contribution in [1.82, 2.24) is 4.72 Å². The van der Waals surface area contributed by atoms with Gasteiger partial charge in [0.25, 0.3) is 0 Å². The van der Waals surface area contributed by atoms with Crippen molar-refractivity contribution < 1.29 is 8.42 Å². The Morgan fingerprint density at radius 1 is 1.16 bits per heavy atom. The van der Waals surface area contributed by atoms with Gasteiger partial charge in [0.2, 0.25) is 10.0 Å². The predicted molar refractivity (Wildman–Crippen MR) is 84.6 cm³/mol. The fourth-order valence-electron chi connectivity index (χ4n) is 1.68. The molecule has 0 saturated carbocycles. The van der Waals surface area contributed by atoms with Crippen molar-refractivity contribution in [3.63, 3.8) is 0 Å². The molecule has 0 unspecified atom stereocenters. The fraction of sp³-hybridized carbons (Fsp3) is 0.333. The van der Waals surface area contributed by atoms with Gasteiger partial charge in [-0.2, -0.15) is 0 Å². The quantitative estimate of drug-likeness (QED) is 0.872. The molecule has 0 atom stereocenters. The number of halogens is 1. The summed E-state index contributed by atoms with van der Waals surface area (Å²) in [6, 6.07) is 3.67. The molecule has 0 amide bonds. The highest BCUT2D eigenvalue weighted by atomic mass is 79.9. The summed E-state index contributed by atoms with van der Waals surface area (Å²) in [5.41, 5.74) is 1.20. The van der Waals surface area contributed by atoms with Crippen LogP contribution >= 0.6 is 38.6 Å². The average Bonchev–Trinajstić information content (AvgIpc) is 2.80. The van der Waals surface area contributed by atoms with Crippen LogP contribution in [0.2, 0.25) is 0 Å². The second-order valence-electron chi connectivity index (χ2n) is 4.25. The molecule has 2 aromatic rings. The maximum atomic E-state index is 12.2. The van der Waals surface area contributed by atoms with Gasteiger partial charge in [-0.3, -0.25) is 0 Å². The van der Waals surface area contributed by atoms with E-state index in [1.807, 2.05) is 26.8 Å². The van der Waals surface area contributed by atoms with E-state index in [4.69, 9.17) is 0 Å². The maximum Gasteiger partial charge on any atom is 0.242 e. The van der Waals surface area contributed by atoms with Gasteiger partial charge in [0.05, 0.1) is 8.68 Å². The first kappa shape index (κ1) is 15.2. The molecule has 3 nitrogen and oxygen atoms in total. The summed E-state index contributed by atoms with van der Waals surface area (Å²) >= 11 is 6.36. The first-order valence-electron chi connectivity index (χ1n) is 5.61. The summed E-state index contributed by atoms with van der Waals surface area (Å²) in [5, 5.41) is 0. The molecule has 0 spiro atoms. The lowest BCUT2D eigenvalue weighted by Gasteiger charge is -2.04. The fourth-order valence-corrected chi connectivity index (χ4v) is 6.18. The van der Waals surface area contributed by atoms with E-state index in [2.05, 4.69) is 20.7 Å². The molecule has 0 aliphatic carbocycles. The lowest BCUT2D eigenvalue weighted by molar-refractivity contribution is 0.581. The largest absolute Gasteiger partial charge is 0.242 e. The van der Waals surface area contributed by atoms with Crippen LogP contribution in [0.25, 0.3) is 0 Å². The van der Waals surface area contributed by atoms with Crippen LogP contribution in [0.3, 0.4) is 0 Å². The summed E-state index contributed by atoms with van der Waals surface area (Å²) in [4.78, 5) is 3.40. The number of sulfonamides is 1. The zero-order chi connectivity index (χ0) is 14.2. The van der Waals surface area contributed by atoms with Gasteiger partial charge in [-0.1, -0.05) is 0 Å². The number of nitrogens with one attached hydrogen (secondary N) is 1. The normalized spacial score (nSPS) is 12.0. The Balaban J connectivity index is 2.16. The van der Waals surface area contributed by atoms with E-state index >= 15 is 0 Å². The molecule has 7 heteroatoms. The van der Waals surface area contributed by atoms with Crippen molar-refractivity contribution in [3.8, 4) is 0 Å². The van der Waals surface area contributed by atoms with Crippen molar-refractivity contribution in [3.05, 3.63) is 36.1 Å². The zero-order valence-electron chi connectivity index (χ0n) is 10.8. The lowest BCUT2D eigenvalue weighted by atomic mass is 10.3. The number of rotatable bonds is 4. The monoisotopic (exact) mass is 379 g/mol. The van der Waals surface area contributed by atoms with Crippen LogP contribution in [0.1, 0.15) is 20.2 Å². The highest BCUT2D eigenvalue weighted by molar-refractivity contribution is 9.11. The van der Waals surface area contributed by atoms with Gasteiger partial charge >= 0.3 is 0 Å². The second-order valence-corrected chi connectivity index (χ2v) is 9.96. The van der Waals surface area contributed by atoms with Crippen molar-refractivity contribution in [2.75, 3.05) is 0 Å². The van der Waals surface area contributed by atoms with E-state index in [-0.39, 0.29) is 0 Å². The average molecular weight is 380 g/mol. The second kappa shape index (κ2) is 5.65. The summed E-state index contributed by atoms with van der Waals surface area (Å²) in [6.07, 6.45) is 0. The summed E-state index contributed by atoms with van der Waals surface area (Å²) in [6.45, 7) is 6.22. The van der Waals surface area contributed by atoms with Gasteiger partial charge in [-0.05, 0) is 54.4 Å². The van der Waals surface area contributed by atoms with Crippen molar-refractivity contribution in [2.45, 2.75) is 32.2 Å². The Bertz CT molecular complexity index is 681. The van der Waals surface area contributed by atoms with Gasteiger partial charge in [-0.25, -0.2) is 13.1 Å². The first-order chi connectivity index (χ1) is 8.79. The molecule has 2 aromatic heterocycles. The minimum Gasteiger partial charge on any atom is -0.207 e. The SMILES string of the molecule is Cc1cc(CNS(=O)(=O)c2cc(Br)sc2C)sc1C. The van der Waals surface area contributed by atoms with E-state index in [0.29, 0.717) is 11.4 Å². The summed E-state index contributed by atoms with van der Waals surface area (Å²) in [7, 11) is -3.43. The molecule has 0 aliphatic heterocycles. The number of hydrogen-bond acceptors (Lipinski definition) is 4. The van der Waals surface area contributed by atoms with Crippen LogP contribution < -0.4 is 4.72 Å². The van der Waals surface area contributed by atoms with Crippen LogP contribution in [0, 0.1) is 20.8 Å². The van der Waals surface area contributed by atoms with E-state index in [1.54, 1.807) is 17.4 Å². The van der Waals surface area contributed by atoms with E-state index < -0.39 is 10.0 Å². The molecule has 104 valence electrons. The third-order valence-electron chi connectivity index (χ3n) is 2.79. The van der Waals surface area contributed by atoms with E-state index in [9.17, 15) is 8.42 Å². The van der Waals surface area contributed by atoms with Crippen LogP contribution in [-0.2, 0) is 16.6 Å². The summed E-state index contributed by atoms with van der Waals surface area (Å²) < 4.78 is 27.9. The Morgan fingerprint density at radius 2 is 1.84 bits per heavy atom. The van der Waals surface area contributed by atoms with Gasteiger partial charge in [0.1, 0.15) is 0 Å². The van der Waals surface area contributed by atoms with Crippen LogP contribution in [0.4, 0.5) is 0 Å². The third-order valence-corrected chi connectivity index (χ3v) is 7.15. The number of hydrogen-bond donors (Lipinski definition) is 1. The van der Waals surface area contributed by atoms with Gasteiger partial charge in [0.15, 0.2) is 0 Å². The molecule has 0 aliphatic rings.